The van der Waals surface area contributed by atoms with Crippen LogP contribution in [-0.2, 0) is 0 Å². The zero-order valence-corrected chi connectivity index (χ0v) is 14.6. The summed E-state index contributed by atoms with van der Waals surface area (Å²) < 4.78 is 0. The van der Waals surface area contributed by atoms with Gasteiger partial charge in [0.2, 0.25) is 11.9 Å². The molecule has 0 aliphatic heterocycles. The van der Waals surface area contributed by atoms with Crippen LogP contribution in [0.2, 0.25) is 5.15 Å². The van der Waals surface area contributed by atoms with Crippen LogP contribution in [0.25, 0.3) is 11.5 Å². The van der Waals surface area contributed by atoms with E-state index in [1.54, 1.807) is 18.2 Å². The zero-order chi connectivity index (χ0) is 18.2. The molecule has 2 aromatic heterocycles. The van der Waals surface area contributed by atoms with E-state index in [4.69, 9.17) is 22.1 Å². The van der Waals surface area contributed by atoms with Gasteiger partial charge in [0.1, 0.15) is 10.8 Å². The molecule has 9 heteroatoms. The van der Waals surface area contributed by atoms with Crippen molar-refractivity contribution in [1.82, 2.24) is 19.9 Å². The average Bonchev–Trinajstić information content (AvgIpc) is 2.55. The van der Waals surface area contributed by atoms with Gasteiger partial charge < -0.3 is 10.6 Å². The summed E-state index contributed by atoms with van der Waals surface area (Å²) in [5.41, 5.74) is 0.502. The molecule has 2 atom stereocenters. The van der Waals surface area contributed by atoms with Gasteiger partial charge in [-0.1, -0.05) is 17.7 Å². The Morgan fingerprint density at radius 1 is 0.960 bits per heavy atom. The fourth-order valence-corrected chi connectivity index (χ4v) is 2.13. The first-order valence-electron chi connectivity index (χ1n) is 7.67. The highest BCUT2D eigenvalue weighted by Crippen LogP contribution is 2.19. The molecule has 2 rings (SSSR count). The van der Waals surface area contributed by atoms with Gasteiger partial charge in [-0.2, -0.15) is 25.5 Å². The summed E-state index contributed by atoms with van der Waals surface area (Å²) in [6.07, 6.45) is 0.619. The second-order valence-corrected chi connectivity index (χ2v) is 5.85. The van der Waals surface area contributed by atoms with E-state index in [2.05, 4.69) is 42.7 Å². The van der Waals surface area contributed by atoms with E-state index >= 15 is 0 Å². The summed E-state index contributed by atoms with van der Waals surface area (Å²) in [6.45, 7) is 3.71. The van der Waals surface area contributed by atoms with Crippen LogP contribution in [0.5, 0.6) is 0 Å². The van der Waals surface area contributed by atoms with Crippen molar-refractivity contribution < 1.29 is 0 Å². The molecule has 2 aromatic rings. The number of rotatable bonds is 7. The molecule has 0 aliphatic carbocycles. The molecule has 0 saturated carbocycles. The molecule has 0 aliphatic rings. The van der Waals surface area contributed by atoms with Crippen LogP contribution in [0.4, 0.5) is 11.9 Å². The summed E-state index contributed by atoms with van der Waals surface area (Å²) in [7, 11) is 0. The van der Waals surface area contributed by atoms with Crippen LogP contribution in [0.3, 0.4) is 0 Å². The number of pyridine rings is 1. The topological polar surface area (TPSA) is 123 Å². The number of anilines is 2. The molecule has 0 radical (unpaired) electrons. The van der Waals surface area contributed by atoms with Gasteiger partial charge in [0, 0.05) is 12.1 Å². The normalized spacial score (nSPS) is 12.5. The number of aromatic nitrogens is 4. The highest BCUT2D eigenvalue weighted by molar-refractivity contribution is 6.29. The van der Waals surface area contributed by atoms with Gasteiger partial charge in [0.05, 0.1) is 25.0 Å². The lowest BCUT2D eigenvalue weighted by Gasteiger charge is -2.14. The lowest BCUT2D eigenvalue weighted by Crippen LogP contribution is -2.20. The fraction of sp³-hybridized carbons (Fsp3) is 0.375. The molecule has 2 unspecified atom stereocenters. The molecule has 0 aromatic carbocycles. The molecule has 25 heavy (non-hydrogen) atoms. The van der Waals surface area contributed by atoms with Crippen molar-refractivity contribution in [3.05, 3.63) is 23.4 Å². The predicted octanol–water partition coefficient (Wildman–Crippen LogP) is 3.02. The number of nitrogens with zero attached hydrogens (tertiary/aromatic N) is 6. The van der Waals surface area contributed by atoms with Gasteiger partial charge in [0.25, 0.3) is 0 Å². The van der Waals surface area contributed by atoms with E-state index in [1.807, 2.05) is 13.8 Å². The molecule has 0 amide bonds. The monoisotopic (exact) mass is 356 g/mol. The van der Waals surface area contributed by atoms with E-state index < -0.39 is 0 Å². The number of nitrogens with one attached hydrogen (secondary N) is 2. The van der Waals surface area contributed by atoms with E-state index in [9.17, 15) is 0 Å². The quantitative estimate of drug-likeness (QED) is 0.725. The summed E-state index contributed by atoms with van der Waals surface area (Å²) in [4.78, 5) is 17.2. The Bertz CT molecular complexity index is 768. The van der Waals surface area contributed by atoms with Crippen molar-refractivity contribution in [3.8, 4) is 23.7 Å². The molecule has 2 N–H and O–H groups in total. The molecule has 8 nitrogen and oxygen atoms in total. The molecule has 0 saturated heterocycles. The molecule has 2 heterocycles. The second kappa shape index (κ2) is 8.76. The largest absolute Gasteiger partial charge is 0.351 e. The van der Waals surface area contributed by atoms with E-state index in [0.717, 1.165) is 0 Å². The van der Waals surface area contributed by atoms with Gasteiger partial charge in [-0.3, -0.25) is 0 Å². The lowest BCUT2D eigenvalue weighted by molar-refractivity contribution is 0.786. The maximum Gasteiger partial charge on any atom is 0.228 e. The molecule has 0 bridgehead atoms. The molecule has 0 fully saturated rings. The van der Waals surface area contributed by atoms with Crippen LogP contribution >= 0.6 is 11.6 Å². The van der Waals surface area contributed by atoms with Crippen LogP contribution in [-0.4, -0.2) is 32.0 Å². The van der Waals surface area contributed by atoms with Crippen molar-refractivity contribution in [2.45, 2.75) is 38.8 Å². The second-order valence-electron chi connectivity index (χ2n) is 5.47. The Balaban J connectivity index is 2.37. The standard InChI is InChI=1S/C16H17ClN8/c1-10(6-8-18)20-15-23-14(12-4-3-5-13(17)22-12)24-16(25-15)21-11(2)7-9-19/h3-5,10-11H,6-7H2,1-2H3,(H2,20,21,23,24,25). The van der Waals surface area contributed by atoms with Gasteiger partial charge in [0.15, 0.2) is 5.82 Å². The van der Waals surface area contributed by atoms with Crippen LogP contribution in [0, 0.1) is 22.7 Å². The van der Waals surface area contributed by atoms with Gasteiger partial charge in [-0.05, 0) is 26.0 Å². The maximum absolute atomic E-state index is 8.80. The van der Waals surface area contributed by atoms with Crippen molar-refractivity contribution in [2.24, 2.45) is 0 Å². The van der Waals surface area contributed by atoms with Crippen molar-refractivity contribution in [3.63, 3.8) is 0 Å². The van der Waals surface area contributed by atoms with Crippen LogP contribution < -0.4 is 10.6 Å². The number of nitriles is 2. The fourth-order valence-electron chi connectivity index (χ4n) is 1.97. The first-order valence-corrected chi connectivity index (χ1v) is 8.05. The highest BCUT2D eigenvalue weighted by Gasteiger charge is 2.13. The van der Waals surface area contributed by atoms with E-state index in [1.165, 1.54) is 0 Å². The minimum Gasteiger partial charge on any atom is -0.351 e. The SMILES string of the molecule is CC(CC#N)Nc1nc(NC(C)CC#N)nc(-c2cccc(Cl)n2)n1. The number of halogens is 1. The Kier molecular flexibility index (Phi) is 6.44. The van der Waals surface area contributed by atoms with Gasteiger partial charge in [-0.15, -0.1) is 0 Å². The van der Waals surface area contributed by atoms with E-state index in [-0.39, 0.29) is 12.1 Å². The van der Waals surface area contributed by atoms with Crippen LogP contribution in [0.1, 0.15) is 26.7 Å². The van der Waals surface area contributed by atoms with E-state index in [0.29, 0.717) is 41.4 Å². The predicted molar refractivity (Wildman–Crippen MR) is 94.7 cm³/mol. The molecule has 0 spiro atoms. The Hall–Kier alpha value is -2.97. The summed E-state index contributed by atoms with van der Waals surface area (Å²) in [6, 6.07) is 9.08. The van der Waals surface area contributed by atoms with Gasteiger partial charge >= 0.3 is 0 Å². The highest BCUT2D eigenvalue weighted by atomic mass is 35.5. The minimum absolute atomic E-state index is 0.128. The maximum atomic E-state index is 8.80. The molecule has 128 valence electrons. The Morgan fingerprint density at radius 2 is 1.52 bits per heavy atom. The summed E-state index contributed by atoms with van der Waals surface area (Å²) in [5, 5.41) is 24.1. The summed E-state index contributed by atoms with van der Waals surface area (Å²) in [5.74, 6) is 0.984. The smallest absolute Gasteiger partial charge is 0.228 e. The van der Waals surface area contributed by atoms with Crippen molar-refractivity contribution in [1.29, 1.82) is 10.5 Å². The van der Waals surface area contributed by atoms with Crippen molar-refractivity contribution in [2.75, 3.05) is 10.6 Å². The third kappa shape index (κ3) is 5.55. The minimum atomic E-state index is -0.128. The first kappa shape index (κ1) is 18.4. The van der Waals surface area contributed by atoms with Crippen molar-refractivity contribution >= 4 is 23.5 Å². The summed E-state index contributed by atoms with van der Waals surface area (Å²) >= 11 is 5.94. The number of hydrogen-bond acceptors (Lipinski definition) is 8. The third-order valence-electron chi connectivity index (χ3n) is 3.13. The Labute approximate surface area is 150 Å². The Morgan fingerprint density at radius 3 is 2.00 bits per heavy atom. The molecular weight excluding hydrogens is 340 g/mol. The third-order valence-corrected chi connectivity index (χ3v) is 3.34. The lowest BCUT2D eigenvalue weighted by atomic mass is 10.2. The number of hydrogen-bond donors (Lipinski definition) is 2. The van der Waals surface area contributed by atoms with Crippen LogP contribution in [0.15, 0.2) is 18.2 Å². The first-order chi connectivity index (χ1) is 12.0. The zero-order valence-electron chi connectivity index (χ0n) is 13.9. The molecular formula is C16H17ClN8. The average molecular weight is 357 g/mol. The van der Waals surface area contributed by atoms with Gasteiger partial charge in [-0.25, -0.2) is 4.98 Å².